The van der Waals surface area contributed by atoms with Crippen molar-refractivity contribution in [2.24, 2.45) is 0 Å². The lowest BCUT2D eigenvalue weighted by Gasteiger charge is -2.24. The number of fused-ring (bicyclic) bond motifs is 2. The molecule has 27 heavy (non-hydrogen) atoms. The minimum atomic E-state index is -0.706. The predicted octanol–water partition coefficient (Wildman–Crippen LogP) is 1.96. The van der Waals surface area contributed by atoms with Gasteiger partial charge in [-0.3, -0.25) is 14.4 Å². The van der Waals surface area contributed by atoms with Crippen LogP contribution < -0.4 is 10.6 Å². The van der Waals surface area contributed by atoms with Gasteiger partial charge in [0.1, 0.15) is 11.8 Å². The molecule has 1 aromatic heterocycles. The molecule has 0 unspecified atom stereocenters. The van der Waals surface area contributed by atoms with Crippen LogP contribution in [0.5, 0.6) is 0 Å². The molecule has 7 nitrogen and oxygen atoms in total. The van der Waals surface area contributed by atoms with Crippen LogP contribution in [0.15, 0.2) is 41.0 Å². The van der Waals surface area contributed by atoms with Crippen molar-refractivity contribution in [3.05, 3.63) is 42.2 Å². The van der Waals surface area contributed by atoms with Crippen LogP contribution in [-0.4, -0.2) is 53.3 Å². The summed E-state index contributed by atoms with van der Waals surface area (Å²) in [6.45, 7) is 0.422. The Hall–Kier alpha value is -2.74. The molecule has 1 fully saturated rings. The van der Waals surface area contributed by atoms with Crippen LogP contribution in [-0.2, 0) is 9.59 Å². The fourth-order valence-corrected chi connectivity index (χ4v) is 4.01. The fourth-order valence-electron chi connectivity index (χ4n) is 3.66. The molecular formula is C19H19N3O4S. The highest BCUT2D eigenvalue weighted by atomic mass is 32.2. The number of anilines is 1. The number of hydrogen-bond donors (Lipinski definition) is 2. The van der Waals surface area contributed by atoms with Gasteiger partial charge in [0.2, 0.25) is 11.8 Å². The van der Waals surface area contributed by atoms with Crippen LogP contribution in [0.3, 0.4) is 0 Å². The monoisotopic (exact) mass is 385 g/mol. The Balaban J connectivity index is 1.64. The second kappa shape index (κ2) is 7.11. The second-order valence-corrected chi connectivity index (χ2v) is 7.43. The van der Waals surface area contributed by atoms with Gasteiger partial charge < -0.3 is 20.0 Å². The summed E-state index contributed by atoms with van der Waals surface area (Å²) in [6, 6.07) is 7.76. The van der Waals surface area contributed by atoms with Gasteiger partial charge in [0.15, 0.2) is 0 Å². The number of nitrogens with zero attached hydrogens (tertiary/aromatic N) is 1. The highest BCUT2D eigenvalue weighted by Gasteiger charge is 2.45. The zero-order chi connectivity index (χ0) is 19.0. The molecule has 0 saturated carbocycles. The molecule has 1 aromatic carbocycles. The molecule has 3 amide bonds. The first-order valence-electron chi connectivity index (χ1n) is 8.66. The molecule has 2 aliphatic heterocycles. The summed E-state index contributed by atoms with van der Waals surface area (Å²) in [6.07, 6.45) is 3.97. The van der Waals surface area contributed by atoms with Crippen LogP contribution in [0.25, 0.3) is 11.3 Å². The molecule has 140 valence electrons. The second-order valence-electron chi connectivity index (χ2n) is 6.57. The highest BCUT2D eigenvalue weighted by Crippen LogP contribution is 2.32. The molecule has 3 heterocycles. The van der Waals surface area contributed by atoms with E-state index in [9.17, 15) is 14.4 Å². The van der Waals surface area contributed by atoms with Crippen molar-refractivity contribution in [1.29, 1.82) is 0 Å². The largest absolute Gasteiger partial charge is 0.464 e. The lowest BCUT2D eigenvalue weighted by molar-refractivity contribution is -0.122. The lowest BCUT2D eigenvalue weighted by Crippen LogP contribution is -2.51. The fraction of sp³-hybridized carbons (Fsp3) is 0.316. The molecule has 2 atom stereocenters. The third-order valence-electron chi connectivity index (χ3n) is 4.86. The molecule has 0 spiro atoms. The van der Waals surface area contributed by atoms with Gasteiger partial charge in [-0.25, -0.2) is 0 Å². The van der Waals surface area contributed by atoms with Crippen LogP contribution in [0, 0.1) is 0 Å². The van der Waals surface area contributed by atoms with Crippen molar-refractivity contribution in [3.63, 3.8) is 0 Å². The average molecular weight is 385 g/mol. The van der Waals surface area contributed by atoms with Crippen LogP contribution >= 0.6 is 11.8 Å². The summed E-state index contributed by atoms with van der Waals surface area (Å²) in [5, 5.41) is 5.73. The van der Waals surface area contributed by atoms with E-state index in [0.29, 0.717) is 35.7 Å². The lowest BCUT2D eigenvalue weighted by atomic mass is 10.1. The highest BCUT2D eigenvalue weighted by molar-refractivity contribution is 7.99. The first-order valence-corrected chi connectivity index (χ1v) is 10.1. The van der Waals surface area contributed by atoms with E-state index in [2.05, 4.69) is 10.6 Å². The van der Waals surface area contributed by atoms with Crippen molar-refractivity contribution in [1.82, 2.24) is 10.2 Å². The van der Waals surface area contributed by atoms with E-state index in [4.69, 9.17) is 4.42 Å². The van der Waals surface area contributed by atoms with Crippen molar-refractivity contribution < 1.29 is 18.8 Å². The first-order chi connectivity index (χ1) is 13.1. The van der Waals surface area contributed by atoms with E-state index in [0.717, 1.165) is 5.56 Å². The smallest absolute Gasteiger partial charge is 0.256 e. The Labute approximate surface area is 160 Å². The first kappa shape index (κ1) is 17.7. The summed E-state index contributed by atoms with van der Waals surface area (Å²) < 4.78 is 5.41. The Bertz CT molecular complexity index is 896. The maximum Gasteiger partial charge on any atom is 0.256 e. The Kier molecular flexibility index (Phi) is 4.65. The normalized spacial score (nSPS) is 21.3. The number of rotatable bonds is 4. The summed E-state index contributed by atoms with van der Waals surface area (Å²) in [5.41, 5.74) is 1.67. The maximum atomic E-state index is 13.1. The van der Waals surface area contributed by atoms with E-state index in [-0.39, 0.29) is 23.8 Å². The quantitative estimate of drug-likeness (QED) is 0.840. The van der Waals surface area contributed by atoms with Gasteiger partial charge in [0.25, 0.3) is 5.91 Å². The number of thioether (sulfide) groups is 1. The predicted molar refractivity (Wildman–Crippen MR) is 103 cm³/mol. The molecule has 8 heteroatoms. The van der Waals surface area contributed by atoms with Gasteiger partial charge in [-0.1, -0.05) is 0 Å². The van der Waals surface area contributed by atoms with Gasteiger partial charge in [0, 0.05) is 12.1 Å². The number of hydrogen-bond acceptors (Lipinski definition) is 5. The van der Waals surface area contributed by atoms with Crippen LogP contribution in [0.4, 0.5) is 5.69 Å². The number of furan rings is 1. The Morgan fingerprint density at radius 1 is 1.37 bits per heavy atom. The number of carbonyl (C=O) groups is 3. The SMILES string of the molecule is CSCC(=O)N[C@H]1CCN2C(=O)c3cc(-c4ccco4)ccc3NC(=O)[C@H]12. The molecule has 0 bridgehead atoms. The van der Waals surface area contributed by atoms with E-state index in [1.807, 2.05) is 12.3 Å². The zero-order valence-electron chi connectivity index (χ0n) is 14.7. The van der Waals surface area contributed by atoms with E-state index >= 15 is 0 Å². The summed E-state index contributed by atoms with van der Waals surface area (Å²) in [7, 11) is 0. The third kappa shape index (κ3) is 3.21. The Morgan fingerprint density at radius 3 is 2.96 bits per heavy atom. The summed E-state index contributed by atoms with van der Waals surface area (Å²) in [4.78, 5) is 39.4. The van der Waals surface area contributed by atoms with Crippen molar-refractivity contribution in [2.45, 2.75) is 18.5 Å². The number of nitrogens with one attached hydrogen (secondary N) is 2. The van der Waals surface area contributed by atoms with Gasteiger partial charge in [-0.2, -0.15) is 11.8 Å². The van der Waals surface area contributed by atoms with E-state index < -0.39 is 6.04 Å². The number of benzene rings is 1. The standard InChI is InChI=1S/C19H19N3O4S/c1-27-10-16(23)20-14-6-7-22-17(14)18(24)21-13-5-4-11(9-12(13)19(22)25)15-3-2-8-26-15/h2-5,8-9,14,17H,6-7,10H2,1H3,(H,20,23)(H,21,24)/t14-,17-/m0/s1. The summed E-state index contributed by atoms with van der Waals surface area (Å²) in [5.74, 6) is 0.354. The van der Waals surface area contributed by atoms with Crippen molar-refractivity contribution in [2.75, 3.05) is 23.9 Å². The van der Waals surface area contributed by atoms with Crippen LogP contribution in [0.2, 0.25) is 0 Å². The topological polar surface area (TPSA) is 91.7 Å². The minimum Gasteiger partial charge on any atom is -0.464 e. The maximum absolute atomic E-state index is 13.1. The van der Waals surface area contributed by atoms with Crippen molar-refractivity contribution in [3.8, 4) is 11.3 Å². The molecule has 0 aliphatic carbocycles. The summed E-state index contributed by atoms with van der Waals surface area (Å²) >= 11 is 1.42. The van der Waals surface area contributed by atoms with Gasteiger partial charge in [-0.05, 0) is 43.0 Å². The molecule has 2 aromatic rings. The Morgan fingerprint density at radius 2 is 2.22 bits per heavy atom. The van der Waals surface area contributed by atoms with E-state index in [1.54, 1.807) is 35.4 Å². The minimum absolute atomic E-state index is 0.128. The third-order valence-corrected chi connectivity index (χ3v) is 5.41. The molecule has 0 radical (unpaired) electrons. The van der Waals surface area contributed by atoms with Crippen LogP contribution in [0.1, 0.15) is 16.8 Å². The number of amides is 3. The van der Waals surface area contributed by atoms with Gasteiger partial charge in [0.05, 0.1) is 29.3 Å². The zero-order valence-corrected chi connectivity index (χ0v) is 15.5. The molecule has 4 rings (SSSR count). The molecule has 2 N–H and O–H groups in total. The molecule has 2 aliphatic rings. The van der Waals surface area contributed by atoms with Gasteiger partial charge in [-0.15, -0.1) is 0 Å². The number of carbonyl (C=O) groups excluding carboxylic acids is 3. The molecular weight excluding hydrogens is 366 g/mol. The molecule has 1 saturated heterocycles. The van der Waals surface area contributed by atoms with E-state index in [1.165, 1.54) is 11.8 Å². The average Bonchev–Trinajstić information content (AvgIpc) is 3.29. The van der Waals surface area contributed by atoms with Gasteiger partial charge >= 0.3 is 0 Å². The van der Waals surface area contributed by atoms with Crippen molar-refractivity contribution >= 4 is 35.2 Å².